The molecule has 1 aromatic carbocycles. The summed E-state index contributed by atoms with van der Waals surface area (Å²) in [4.78, 5) is 0. The van der Waals surface area contributed by atoms with Gasteiger partial charge in [0.15, 0.2) is 0 Å². The standard InChI is InChI=1S/C14H16BrNO2/c1-10(13-4-2-3-5-14(13)15)16-8-11-6-7-12(9-17)18-11/h2-7,10,16-17H,8-9H2,1H3. The molecule has 0 aliphatic carbocycles. The summed E-state index contributed by atoms with van der Waals surface area (Å²) in [5.74, 6) is 1.43. The predicted octanol–water partition coefficient (Wildman–Crippen LogP) is 3.39. The average Bonchev–Trinajstić information content (AvgIpc) is 2.84. The Balaban J connectivity index is 1.96. The summed E-state index contributed by atoms with van der Waals surface area (Å²) in [6.07, 6.45) is 0. The van der Waals surface area contributed by atoms with Gasteiger partial charge in [-0.2, -0.15) is 0 Å². The first kappa shape index (κ1) is 13.3. The van der Waals surface area contributed by atoms with Gasteiger partial charge in [0, 0.05) is 10.5 Å². The fourth-order valence-corrected chi connectivity index (χ4v) is 2.42. The molecule has 0 aliphatic heterocycles. The number of aliphatic hydroxyl groups excluding tert-OH is 1. The quantitative estimate of drug-likeness (QED) is 0.890. The number of hydrogen-bond acceptors (Lipinski definition) is 3. The van der Waals surface area contributed by atoms with Crippen molar-refractivity contribution in [1.82, 2.24) is 5.32 Å². The first-order valence-electron chi connectivity index (χ1n) is 5.87. The summed E-state index contributed by atoms with van der Waals surface area (Å²) in [6, 6.07) is 12.0. The molecule has 0 radical (unpaired) electrons. The van der Waals surface area contributed by atoms with E-state index in [-0.39, 0.29) is 12.6 Å². The van der Waals surface area contributed by atoms with Gasteiger partial charge in [-0.1, -0.05) is 34.1 Å². The van der Waals surface area contributed by atoms with E-state index in [1.165, 1.54) is 5.56 Å². The zero-order chi connectivity index (χ0) is 13.0. The molecule has 1 unspecified atom stereocenters. The van der Waals surface area contributed by atoms with Gasteiger partial charge in [0.05, 0.1) is 6.54 Å². The van der Waals surface area contributed by atoms with Crippen molar-refractivity contribution in [2.24, 2.45) is 0 Å². The Hall–Kier alpha value is -1.10. The van der Waals surface area contributed by atoms with E-state index in [1.807, 2.05) is 24.3 Å². The molecule has 0 saturated carbocycles. The Bertz CT molecular complexity index is 510. The molecule has 0 amide bonds. The molecule has 1 heterocycles. The molecule has 18 heavy (non-hydrogen) atoms. The summed E-state index contributed by atoms with van der Waals surface area (Å²) in [7, 11) is 0. The van der Waals surface area contributed by atoms with Crippen molar-refractivity contribution < 1.29 is 9.52 Å². The summed E-state index contributed by atoms with van der Waals surface area (Å²) in [6.45, 7) is 2.69. The Morgan fingerprint density at radius 1 is 1.22 bits per heavy atom. The molecular formula is C14H16BrNO2. The third-order valence-corrected chi connectivity index (χ3v) is 3.55. The van der Waals surface area contributed by atoms with Gasteiger partial charge in [-0.25, -0.2) is 0 Å². The Kier molecular flexibility index (Phi) is 4.58. The molecule has 96 valence electrons. The van der Waals surface area contributed by atoms with Crippen molar-refractivity contribution in [2.75, 3.05) is 0 Å². The van der Waals surface area contributed by atoms with Gasteiger partial charge < -0.3 is 14.8 Å². The second-order valence-electron chi connectivity index (χ2n) is 4.15. The molecule has 2 aromatic rings. The first-order chi connectivity index (χ1) is 8.70. The second kappa shape index (κ2) is 6.18. The van der Waals surface area contributed by atoms with E-state index in [1.54, 1.807) is 6.07 Å². The minimum Gasteiger partial charge on any atom is -0.462 e. The van der Waals surface area contributed by atoms with E-state index >= 15 is 0 Å². The average molecular weight is 310 g/mol. The lowest BCUT2D eigenvalue weighted by atomic mass is 10.1. The number of hydrogen-bond donors (Lipinski definition) is 2. The first-order valence-corrected chi connectivity index (χ1v) is 6.66. The van der Waals surface area contributed by atoms with Crippen LogP contribution in [0.5, 0.6) is 0 Å². The SMILES string of the molecule is CC(NCc1ccc(CO)o1)c1ccccc1Br. The summed E-state index contributed by atoms with van der Waals surface area (Å²) in [5, 5.41) is 12.3. The van der Waals surface area contributed by atoms with Crippen molar-refractivity contribution in [3.8, 4) is 0 Å². The number of rotatable bonds is 5. The lowest BCUT2D eigenvalue weighted by molar-refractivity contribution is 0.242. The maximum atomic E-state index is 8.92. The zero-order valence-corrected chi connectivity index (χ0v) is 11.8. The number of furan rings is 1. The topological polar surface area (TPSA) is 45.4 Å². The molecule has 2 rings (SSSR count). The molecule has 1 aromatic heterocycles. The van der Waals surface area contributed by atoms with Crippen LogP contribution < -0.4 is 5.32 Å². The van der Waals surface area contributed by atoms with Crippen LogP contribution in [-0.4, -0.2) is 5.11 Å². The highest BCUT2D eigenvalue weighted by Gasteiger charge is 2.09. The largest absolute Gasteiger partial charge is 0.462 e. The van der Waals surface area contributed by atoms with Crippen LogP contribution in [0.4, 0.5) is 0 Å². The van der Waals surface area contributed by atoms with Crippen LogP contribution in [0.15, 0.2) is 45.3 Å². The van der Waals surface area contributed by atoms with Crippen LogP contribution in [-0.2, 0) is 13.2 Å². The van der Waals surface area contributed by atoms with Crippen LogP contribution in [0.25, 0.3) is 0 Å². The third-order valence-electron chi connectivity index (χ3n) is 2.83. The second-order valence-corrected chi connectivity index (χ2v) is 5.00. The molecule has 3 nitrogen and oxygen atoms in total. The smallest absolute Gasteiger partial charge is 0.129 e. The molecule has 1 atom stereocenters. The normalized spacial score (nSPS) is 12.6. The van der Waals surface area contributed by atoms with E-state index < -0.39 is 0 Å². The van der Waals surface area contributed by atoms with Crippen LogP contribution >= 0.6 is 15.9 Å². The molecule has 0 saturated heterocycles. The van der Waals surface area contributed by atoms with E-state index in [9.17, 15) is 0 Å². The van der Waals surface area contributed by atoms with Crippen molar-refractivity contribution in [2.45, 2.75) is 26.1 Å². The summed E-state index contributed by atoms with van der Waals surface area (Å²) in [5.41, 5.74) is 1.21. The van der Waals surface area contributed by atoms with Gasteiger partial charge in [-0.15, -0.1) is 0 Å². The summed E-state index contributed by atoms with van der Waals surface area (Å²) >= 11 is 3.54. The van der Waals surface area contributed by atoms with Gasteiger partial charge >= 0.3 is 0 Å². The van der Waals surface area contributed by atoms with E-state index in [2.05, 4.69) is 34.2 Å². The van der Waals surface area contributed by atoms with Crippen LogP contribution in [0, 0.1) is 0 Å². The molecular weight excluding hydrogens is 294 g/mol. The van der Waals surface area contributed by atoms with Crippen LogP contribution in [0.1, 0.15) is 30.0 Å². The highest BCUT2D eigenvalue weighted by Crippen LogP contribution is 2.23. The summed E-state index contributed by atoms with van der Waals surface area (Å²) < 4.78 is 6.52. The highest BCUT2D eigenvalue weighted by atomic mass is 79.9. The van der Waals surface area contributed by atoms with Crippen LogP contribution in [0.2, 0.25) is 0 Å². The van der Waals surface area contributed by atoms with Gasteiger partial charge in [0.1, 0.15) is 18.1 Å². The molecule has 0 bridgehead atoms. The lowest BCUT2D eigenvalue weighted by Gasteiger charge is -2.14. The monoisotopic (exact) mass is 309 g/mol. The Morgan fingerprint density at radius 3 is 2.61 bits per heavy atom. The van der Waals surface area contributed by atoms with E-state index in [0.29, 0.717) is 12.3 Å². The maximum absolute atomic E-state index is 8.92. The lowest BCUT2D eigenvalue weighted by Crippen LogP contribution is -2.18. The van der Waals surface area contributed by atoms with Gasteiger partial charge in [0.2, 0.25) is 0 Å². The maximum Gasteiger partial charge on any atom is 0.129 e. The number of benzene rings is 1. The zero-order valence-electron chi connectivity index (χ0n) is 10.2. The van der Waals surface area contributed by atoms with Crippen LogP contribution in [0.3, 0.4) is 0 Å². The third kappa shape index (κ3) is 3.22. The minimum absolute atomic E-state index is 0.0558. The van der Waals surface area contributed by atoms with Crippen molar-refractivity contribution in [3.63, 3.8) is 0 Å². The molecule has 0 aliphatic rings. The molecule has 0 fully saturated rings. The fraction of sp³-hybridized carbons (Fsp3) is 0.286. The minimum atomic E-state index is -0.0558. The highest BCUT2D eigenvalue weighted by molar-refractivity contribution is 9.10. The predicted molar refractivity (Wildman–Crippen MR) is 74.0 cm³/mol. The van der Waals surface area contributed by atoms with Gasteiger partial charge in [-0.05, 0) is 30.7 Å². The Labute approximate surface area is 115 Å². The molecule has 4 heteroatoms. The van der Waals surface area contributed by atoms with Gasteiger partial charge in [-0.3, -0.25) is 0 Å². The van der Waals surface area contributed by atoms with Crippen molar-refractivity contribution in [1.29, 1.82) is 0 Å². The van der Waals surface area contributed by atoms with Crippen molar-refractivity contribution >= 4 is 15.9 Å². The molecule has 0 spiro atoms. The fourth-order valence-electron chi connectivity index (χ4n) is 1.79. The number of nitrogens with one attached hydrogen (secondary N) is 1. The van der Waals surface area contributed by atoms with Gasteiger partial charge in [0.25, 0.3) is 0 Å². The van der Waals surface area contributed by atoms with E-state index in [0.717, 1.165) is 10.2 Å². The molecule has 2 N–H and O–H groups in total. The van der Waals surface area contributed by atoms with E-state index in [4.69, 9.17) is 9.52 Å². The van der Waals surface area contributed by atoms with Crippen molar-refractivity contribution in [3.05, 3.63) is 58.0 Å². The number of aliphatic hydroxyl groups is 1. The number of halogens is 1. The Morgan fingerprint density at radius 2 is 1.94 bits per heavy atom.